The maximum atomic E-state index is 11.8. The van der Waals surface area contributed by atoms with Crippen LogP contribution >= 0.6 is 11.6 Å². The van der Waals surface area contributed by atoms with E-state index in [2.05, 4.69) is 15.3 Å². The van der Waals surface area contributed by atoms with E-state index in [-0.39, 0.29) is 5.91 Å². The van der Waals surface area contributed by atoms with E-state index in [1.54, 1.807) is 30.2 Å². The zero-order valence-corrected chi connectivity index (χ0v) is 10.4. The molecule has 0 saturated heterocycles. The van der Waals surface area contributed by atoms with Crippen LogP contribution < -0.4 is 5.32 Å². The van der Waals surface area contributed by atoms with Crippen LogP contribution in [0.5, 0.6) is 0 Å². The molecule has 0 aliphatic rings. The molecule has 0 spiro atoms. The van der Waals surface area contributed by atoms with Crippen molar-refractivity contribution in [2.45, 2.75) is 13.5 Å². The molecule has 2 aromatic heterocycles. The summed E-state index contributed by atoms with van der Waals surface area (Å²) in [6.07, 6.45) is 5.02. The third-order valence-electron chi connectivity index (χ3n) is 2.63. The Hall–Kier alpha value is -1.75. The summed E-state index contributed by atoms with van der Waals surface area (Å²) in [6.45, 7) is 2.23. The van der Waals surface area contributed by atoms with Crippen LogP contribution in [0.25, 0.3) is 0 Å². The number of nitrogens with zero attached hydrogens (tertiary/aromatic N) is 2. The average molecular weight is 253 g/mol. The van der Waals surface area contributed by atoms with Gasteiger partial charge < -0.3 is 14.9 Å². The predicted molar refractivity (Wildman–Crippen MR) is 64.9 cm³/mol. The lowest BCUT2D eigenvalue weighted by atomic mass is 10.2. The number of hydrogen-bond acceptors (Lipinski definition) is 2. The van der Waals surface area contributed by atoms with Crippen LogP contribution in [0.4, 0.5) is 0 Å². The van der Waals surface area contributed by atoms with Crippen molar-refractivity contribution in [1.29, 1.82) is 0 Å². The lowest BCUT2D eigenvalue weighted by Crippen LogP contribution is -2.24. The molecular formula is C11H13ClN4O. The summed E-state index contributed by atoms with van der Waals surface area (Å²) in [5.74, 6) is 0.597. The maximum Gasteiger partial charge on any atom is 0.253 e. The minimum absolute atomic E-state index is 0.122. The Morgan fingerprint density at radius 1 is 1.59 bits per heavy atom. The summed E-state index contributed by atoms with van der Waals surface area (Å²) >= 11 is 5.85. The highest BCUT2D eigenvalue weighted by atomic mass is 35.5. The van der Waals surface area contributed by atoms with Crippen LogP contribution in [-0.4, -0.2) is 20.4 Å². The van der Waals surface area contributed by atoms with E-state index < -0.39 is 0 Å². The number of halogens is 1. The number of aryl methyl sites for hydroxylation is 1. The summed E-state index contributed by atoms with van der Waals surface area (Å²) < 4.78 is 1.73. The van der Waals surface area contributed by atoms with Crippen LogP contribution in [0.2, 0.25) is 5.15 Å². The molecule has 5 nitrogen and oxygen atoms in total. The van der Waals surface area contributed by atoms with Crippen LogP contribution in [0.15, 0.2) is 18.6 Å². The number of hydrogen-bond donors (Lipinski definition) is 2. The smallest absolute Gasteiger partial charge is 0.253 e. The molecule has 0 bridgehead atoms. The molecule has 2 N–H and O–H groups in total. The van der Waals surface area contributed by atoms with Gasteiger partial charge in [-0.25, -0.2) is 4.98 Å². The lowest BCUT2D eigenvalue weighted by Gasteiger charge is -2.05. The van der Waals surface area contributed by atoms with Crippen molar-refractivity contribution in [3.8, 4) is 0 Å². The van der Waals surface area contributed by atoms with E-state index >= 15 is 0 Å². The molecule has 2 aromatic rings. The number of imidazole rings is 1. The summed E-state index contributed by atoms with van der Waals surface area (Å²) in [4.78, 5) is 18.8. The molecule has 1 amide bonds. The second-order valence-corrected chi connectivity index (χ2v) is 4.18. The topological polar surface area (TPSA) is 62.7 Å². The van der Waals surface area contributed by atoms with Crippen LogP contribution in [0.1, 0.15) is 21.7 Å². The normalized spacial score (nSPS) is 10.5. The van der Waals surface area contributed by atoms with Crippen molar-refractivity contribution in [1.82, 2.24) is 19.9 Å². The monoisotopic (exact) mass is 252 g/mol. The molecule has 0 aromatic carbocycles. The summed E-state index contributed by atoms with van der Waals surface area (Å²) in [5, 5.41) is 3.34. The van der Waals surface area contributed by atoms with Gasteiger partial charge in [0.25, 0.3) is 5.91 Å². The number of carbonyl (C=O) groups excluding carboxylic acids is 1. The van der Waals surface area contributed by atoms with Gasteiger partial charge in [-0.2, -0.15) is 0 Å². The molecular weight excluding hydrogens is 240 g/mol. The first-order chi connectivity index (χ1) is 8.09. The van der Waals surface area contributed by atoms with Crippen molar-refractivity contribution in [2.24, 2.45) is 7.05 Å². The first-order valence-electron chi connectivity index (χ1n) is 5.17. The highest BCUT2D eigenvalue weighted by molar-refractivity contribution is 6.29. The third kappa shape index (κ3) is 2.34. The van der Waals surface area contributed by atoms with Gasteiger partial charge in [-0.3, -0.25) is 4.79 Å². The van der Waals surface area contributed by atoms with Gasteiger partial charge >= 0.3 is 0 Å². The third-order valence-corrected chi connectivity index (χ3v) is 2.98. The Morgan fingerprint density at radius 3 is 2.88 bits per heavy atom. The van der Waals surface area contributed by atoms with E-state index in [1.165, 1.54) is 0 Å². The molecule has 90 valence electrons. The van der Waals surface area contributed by atoms with Crippen LogP contribution in [-0.2, 0) is 13.6 Å². The first kappa shape index (κ1) is 11.7. The van der Waals surface area contributed by atoms with Gasteiger partial charge in [0.1, 0.15) is 11.0 Å². The molecule has 0 saturated carbocycles. The Balaban J connectivity index is 2.02. The number of nitrogens with one attached hydrogen (secondary N) is 2. The highest BCUT2D eigenvalue weighted by Crippen LogP contribution is 2.09. The van der Waals surface area contributed by atoms with Gasteiger partial charge in [0.05, 0.1) is 18.3 Å². The van der Waals surface area contributed by atoms with Gasteiger partial charge in [0.2, 0.25) is 0 Å². The summed E-state index contributed by atoms with van der Waals surface area (Å²) in [5.41, 5.74) is 1.56. The molecule has 6 heteroatoms. The predicted octanol–water partition coefficient (Wildman–Crippen LogP) is 1.64. The second-order valence-electron chi connectivity index (χ2n) is 3.79. The van der Waals surface area contributed by atoms with Crippen LogP contribution in [0, 0.1) is 6.92 Å². The van der Waals surface area contributed by atoms with Gasteiger partial charge in [-0.1, -0.05) is 11.6 Å². The highest BCUT2D eigenvalue weighted by Gasteiger charge is 2.11. The minimum Gasteiger partial charge on any atom is -0.367 e. The molecule has 2 rings (SSSR count). The zero-order valence-electron chi connectivity index (χ0n) is 9.62. The van der Waals surface area contributed by atoms with E-state index in [1.807, 2.05) is 6.92 Å². The maximum absolute atomic E-state index is 11.8. The fraction of sp³-hybridized carbons (Fsp3) is 0.273. The van der Waals surface area contributed by atoms with Gasteiger partial charge in [-0.15, -0.1) is 0 Å². The van der Waals surface area contributed by atoms with E-state index in [0.29, 0.717) is 17.3 Å². The molecule has 0 radical (unpaired) electrons. The molecule has 2 heterocycles. The summed E-state index contributed by atoms with van der Waals surface area (Å²) in [6, 6.07) is 0. The second kappa shape index (κ2) is 4.63. The Labute approximate surface area is 104 Å². The largest absolute Gasteiger partial charge is 0.367 e. The zero-order chi connectivity index (χ0) is 12.4. The molecule has 17 heavy (non-hydrogen) atoms. The number of aromatic amines is 1. The van der Waals surface area contributed by atoms with E-state index in [9.17, 15) is 4.79 Å². The Morgan fingerprint density at radius 2 is 2.35 bits per heavy atom. The van der Waals surface area contributed by atoms with Gasteiger partial charge in [-0.05, 0) is 12.5 Å². The Kier molecular flexibility index (Phi) is 3.19. The first-order valence-corrected chi connectivity index (χ1v) is 5.55. The average Bonchev–Trinajstić information content (AvgIpc) is 2.85. The fourth-order valence-corrected chi connectivity index (χ4v) is 1.68. The van der Waals surface area contributed by atoms with Crippen molar-refractivity contribution >= 4 is 17.5 Å². The molecule has 0 fully saturated rings. The fourth-order valence-electron chi connectivity index (χ4n) is 1.53. The number of rotatable bonds is 3. The molecule has 0 aliphatic carbocycles. The van der Waals surface area contributed by atoms with Crippen molar-refractivity contribution in [2.75, 3.05) is 0 Å². The van der Waals surface area contributed by atoms with Crippen molar-refractivity contribution in [3.05, 3.63) is 40.7 Å². The van der Waals surface area contributed by atoms with E-state index in [4.69, 9.17) is 11.6 Å². The molecule has 0 atom stereocenters. The van der Waals surface area contributed by atoms with Crippen molar-refractivity contribution in [3.63, 3.8) is 0 Å². The van der Waals surface area contributed by atoms with Crippen molar-refractivity contribution < 1.29 is 4.79 Å². The molecule has 0 aliphatic heterocycles. The molecule has 0 unspecified atom stereocenters. The summed E-state index contributed by atoms with van der Waals surface area (Å²) in [7, 11) is 1.80. The lowest BCUT2D eigenvalue weighted by molar-refractivity contribution is 0.0949. The SMILES string of the molecule is Cc1c[nH]cc1C(=O)NCc1ncc(Cl)n1C. The number of H-pyrrole nitrogens is 1. The Bertz CT molecular complexity index is 543. The van der Waals surface area contributed by atoms with Crippen LogP contribution in [0.3, 0.4) is 0 Å². The van der Waals surface area contributed by atoms with E-state index in [0.717, 1.165) is 11.4 Å². The standard InChI is InChI=1S/C11H13ClN4O/c1-7-3-13-4-8(7)11(17)15-6-10-14-5-9(12)16(10)2/h3-5,13H,6H2,1-2H3,(H,15,17). The number of carbonyl (C=O) groups is 1. The quantitative estimate of drug-likeness (QED) is 0.872. The number of aromatic nitrogens is 3. The van der Waals surface area contributed by atoms with Gasteiger partial charge in [0, 0.05) is 19.4 Å². The number of amides is 1. The minimum atomic E-state index is -0.122. The van der Waals surface area contributed by atoms with Gasteiger partial charge in [0.15, 0.2) is 0 Å².